The summed E-state index contributed by atoms with van der Waals surface area (Å²) in [6, 6.07) is 6.71. The lowest BCUT2D eigenvalue weighted by molar-refractivity contribution is -0.120. The minimum absolute atomic E-state index is 0.0115. The maximum Gasteiger partial charge on any atom is 0.233 e. The van der Waals surface area contributed by atoms with Crippen molar-refractivity contribution in [2.75, 3.05) is 5.32 Å². The van der Waals surface area contributed by atoms with Gasteiger partial charge in [0.2, 0.25) is 5.91 Å². The van der Waals surface area contributed by atoms with Crippen LogP contribution in [0.25, 0.3) is 0 Å². The normalized spacial score (nSPS) is 24.4. The van der Waals surface area contributed by atoms with Crippen molar-refractivity contribution in [3.05, 3.63) is 29.8 Å². The summed E-state index contributed by atoms with van der Waals surface area (Å²) in [6.07, 6.45) is 0.445. The van der Waals surface area contributed by atoms with Crippen LogP contribution in [-0.2, 0) is 4.79 Å². The fraction of sp³-hybridized carbons (Fsp3) is 0.385. The molecule has 1 aliphatic rings. The first-order valence-electron chi connectivity index (χ1n) is 5.56. The Kier molecular flexibility index (Phi) is 3.16. The van der Waals surface area contributed by atoms with Crippen molar-refractivity contribution in [1.29, 1.82) is 0 Å². The molecule has 1 saturated carbocycles. The molecule has 0 spiro atoms. The van der Waals surface area contributed by atoms with Crippen LogP contribution < -0.4 is 5.32 Å². The molecule has 0 saturated heterocycles. The lowest BCUT2D eigenvalue weighted by atomic mass is 10.1. The second-order valence-corrected chi connectivity index (χ2v) is 6.28. The van der Waals surface area contributed by atoms with Crippen LogP contribution >= 0.6 is 23.2 Å². The molecule has 1 unspecified atom stereocenters. The zero-order chi connectivity index (χ0) is 13.6. The number of alkyl halides is 2. The first-order valence-corrected chi connectivity index (χ1v) is 6.32. The molecule has 1 aromatic carbocycles. The highest BCUT2D eigenvalue weighted by molar-refractivity contribution is 6.53. The highest BCUT2D eigenvalue weighted by Crippen LogP contribution is 2.64. The van der Waals surface area contributed by atoms with Crippen molar-refractivity contribution >= 4 is 40.6 Å². The molecule has 1 atom stereocenters. The Labute approximate surface area is 115 Å². The lowest BCUT2D eigenvalue weighted by Crippen LogP contribution is -2.25. The van der Waals surface area contributed by atoms with Crippen LogP contribution in [0.15, 0.2) is 24.3 Å². The molecule has 96 valence electrons. The molecular weight excluding hydrogens is 273 g/mol. The molecular formula is C13H13Cl2NO2. The summed E-state index contributed by atoms with van der Waals surface area (Å²) in [4.78, 5) is 23.1. The molecule has 1 N–H and O–H groups in total. The van der Waals surface area contributed by atoms with Gasteiger partial charge in [-0.2, -0.15) is 0 Å². The van der Waals surface area contributed by atoms with Crippen molar-refractivity contribution < 1.29 is 9.59 Å². The van der Waals surface area contributed by atoms with E-state index < -0.39 is 9.75 Å². The van der Waals surface area contributed by atoms with Crippen molar-refractivity contribution in [2.45, 2.75) is 24.6 Å². The summed E-state index contributed by atoms with van der Waals surface area (Å²) >= 11 is 11.9. The molecule has 0 bridgehead atoms. The van der Waals surface area contributed by atoms with Gasteiger partial charge in [0.05, 0.1) is 5.41 Å². The van der Waals surface area contributed by atoms with Gasteiger partial charge in [-0.05, 0) is 44.5 Å². The molecule has 1 amide bonds. The van der Waals surface area contributed by atoms with Crippen molar-refractivity contribution in [3.63, 3.8) is 0 Å². The maximum atomic E-state index is 12.0. The second kappa shape index (κ2) is 4.25. The molecule has 5 heteroatoms. The Balaban J connectivity index is 2.07. The molecule has 2 rings (SSSR count). The van der Waals surface area contributed by atoms with E-state index in [9.17, 15) is 9.59 Å². The van der Waals surface area contributed by atoms with Crippen LogP contribution in [0.5, 0.6) is 0 Å². The van der Waals surface area contributed by atoms with Gasteiger partial charge in [0, 0.05) is 11.3 Å². The van der Waals surface area contributed by atoms with E-state index in [1.165, 1.54) is 6.92 Å². The van der Waals surface area contributed by atoms with E-state index in [4.69, 9.17) is 23.2 Å². The minimum atomic E-state index is -0.976. The largest absolute Gasteiger partial charge is 0.326 e. The number of hydrogen-bond acceptors (Lipinski definition) is 2. The third-order valence-electron chi connectivity index (χ3n) is 3.31. The number of benzene rings is 1. The maximum absolute atomic E-state index is 12.0. The Bertz CT molecular complexity index is 510. The summed E-state index contributed by atoms with van der Waals surface area (Å²) < 4.78 is -0.976. The van der Waals surface area contributed by atoms with E-state index in [2.05, 4.69) is 5.32 Å². The van der Waals surface area contributed by atoms with Crippen LogP contribution in [0, 0.1) is 5.41 Å². The van der Waals surface area contributed by atoms with E-state index in [0.29, 0.717) is 17.7 Å². The van der Waals surface area contributed by atoms with Gasteiger partial charge in [-0.15, -0.1) is 23.2 Å². The van der Waals surface area contributed by atoms with Gasteiger partial charge in [0.1, 0.15) is 4.33 Å². The number of halogens is 2. The van der Waals surface area contributed by atoms with Crippen LogP contribution in [0.1, 0.15) is 30.6 Å². The Hall–Kier alpha value is -1.06. The van der Waals surface area contributed by atoms with Crippen molar-refractivity contribution in [2.24, 2.45) is 5.41 Å². The quantitative estimate of drug-likeness (QED) is 0.683. The number of rotatable bonds is 3. The first kappa shape index (κ1) is 13.4. The van der Waals surface area contributed by atoms with Gasteiger partial charge in [-0.1, -0.05) is 0 Å². The third-order valence-corrected chi connectivity index (χ3v) is 4.41. The molecule has 1 aliphatic carbocycles. The molecule has 18 heavy (non-hydrogen) atoms. The summed E-state index contributed by atoms with van der Waals surface area (Å²) in [5.41, 5.74) is 0.493. The second-order valence-electron chi connectivity index (χ2n) is 4.80. The Morgan fingerprint density at radius 3 is 2.11 bits per heavy atom. The van der Waals surface area contributed by atoms with Gasteiger partial charge in [-0.3, -0.25) is 9.59 Å². The number of amides is 1. The van der Waals surface area contributed by atoms with Crippen LogP contribution in [0.2, 0.25) is 0 Å². The third kappa shape index (κ3) is 2.25. The van der Waals surface area contributed by atoms with E-state index in [-0.39, 0.29) is 11.7 Å². The SMILES string of the molecule is CC(=O)c1ccc(NC(=O)C2(C)CC2(Cl)Cl)cc1. The molecule has 0 aromatic heterocycles. The number of hydrogen-bond donors (Lipinski definition) is 1. The first-order chi connectivity index (χ1) is 8.26. The summed E-state index contributed by atoms with van der Waals surface area (Å²) in [5.74, 6) is -0.217. The van der Waals surface area contributed by atoms with Crippen molar-refractivity contribution in [3.8, 4) is 0 Å². The molecule has 0 radical (unpaired) electrons. The topological polar surface area (TPSA) is 46.2 Å². The zero-order valence-electron chi connectivity index (χ0n) is 10.1. The molecule has 1 aromatic rings. The summed E-state index contributed by atoms with van der Waals surface area (Å²) in [6.45, 7) is 3.22. The standard InChI is InChI=1S/C13H13Cl2NO2/c1-8(17)9-3-5-10(6-4-9)16-11(18)12(2)7-13(12,14)15/h3-6H,7H2,1-2H3,(H,16,18). The fourth-order valence-electron chi connectivity index (χ4n) is 1.70. The predicted molar refractivity (Wildman–Crippen MR) is 72.2 cm³/mol. The predicted octanol–water partition coefficient (Wildman–Crippen LogP) is 3.41. The number of carbonyl (C=O) groups is 2. The average molecular weight is 286 g/mol. The van der Waals surface area contributed by atoms with E-state index in [1.807, 2.05) is 0 Å². The number of carbonyl (C=O) groups excluding carboxylic acids is 2. The summed E-state index contributed by atoms with van der Waals surface area (Å²) in [5, 5.41) is 2.75. The van der Waals surface area contributed by atoms with E-state index in [0.717, 1.165) is 0 Å². The Morgan fingerprint density at radius 2 is 1.72 bits per heavy atom. The number of anilines is 1. The summed E-state index contributed by atoms with van der Waals surface area (Å²) in [7, 11) is 0. The van der Waals surface area contributed by atoms with Crippen LogP contribution in [0.4, 0.5) is 5.69 Å². The smallest absolute Gasteiger partial charge is 0.233 e. The zero-order valence-corrected chi connectivity index (χ0v) is 11.6. The average Bonchev–Trinajstić information content (AvgIpc) is 2.80. The van der Waals surface area contributed by atoms with Gasteiger partial charge >= 0.3 is 0 Å². The van der Waals surface area contributed by atoms with Gasteiger partial charge < -0.3 is 5.32 Å². The van der Waals surface area contributed by atoms with Crippen LogP contribution in [-0.4, -0.2) is 16.0 Å². The number of Topliss-reactive ketones (excluding diaryl/α,β-unsaturated/α-hetero) is 1. The van der Waals surface area contributed by atoms with Gasteiger partial charge in [-0.25, -0.2) is 0 Å². The Morgan fingerprint density at radius 1 is 1.22 bits per heavy atom. The van der Waals surface area contributed by atoms with Gasteiger partial charge in [0.25, 0.3) is 0 Å². The molecule has 1 fully saturated rings. The minimum Gasteiger partial charge on any atom is -0.326 e. The monoisotopic (exact) mass is 285 g/mol. The molecule has 3 nitrogen and oxygen atoms in total. The molecule has 0 heterocycles. The number of nitrogens with one attached hydrogen (secondary N) is 1. The fourth-order valence-corrected chi connectivity index (χ4v) is 2.41. The lowest BCUT2D eigenvalue weighted by Gasteiger charge is -2.12. The van der Waals surface area contributed by atoms with Crippen LogP contribution in [0.3, 0.4) is 0 Å². The van der Waals surface area contributed by atoms with Crippen molar-refractivity contribution in [1.82, 2.24) is 0 Å². The van der Waals surface area contributed by atoms with E-state index >= 15 is 0 Å². The highest BCUT2D eigenvalue weighted by Gasteiger charge is 2.67. The van der Waals surface area contributed by atoms with E-state index in [1.54, 1.807) is 31.2 Å². The highest BCUT2D eigenvalue weighted by atomic mass is 35.5. The van der Waals surface area contributed by atoms with Gasteiger partial charge in [0.15, 0.2) is 5.78 Å². The number of ketones is 1. The molecule has 0 aliphatic heterocycles.